The molecule has 2 rings (SSSR count). The van der Waals surface area contributed by atoms with Crippen LogP contribution in [0.2, 0.25) is 0 Å². The van der Waals surface area contributed by atoms with Gasteiger partial charge in [0.25, 0.3) is 0 Å². The number of hydrogen-bond donors (Lipinski definition) is 0. The van der Waals surface area contributed by atoms with Crippen molar-refractivity contribution in [1.82, 2.24) is 4.90 Å². The number of cyclic esters (lactones) is 1. The van der Waals surface area contributed by atoms with Gasteiger partial charge >= 0.3 is 11.9 Å². The van der Waals surface area contributed by atoms with Crippen LogP contribution in [0.5, 0.6) is 0 Å². The predicted molar refractivity (Wildman–Crippen MR) is 82.3 cm³/mol. The summed E-state index contributed by atoms with van der Waals surface area (Å²) in [7, 11) is 0. The topological polar surface area (TPSA) is 55.8 Å². The molecule has 22 heavy (non-hydrogen) atoms. The standard InChI is InChI=1S/C17H23NO4/c1-17(2,3)22-16(20)12-18-10-14(21-15(19)11-18)9-13-7-5-4-6-8-13/h4-8,14H,9-12H2,1-3H3/t14-/m1/s1. The first kappa shape index (κ1) is 16.5. The van der Waals surface area contributed by atoms with Gasteiger partial charge in [-0.1, -0.05) is 30.3 Å². The SMILES string of the molecule is CC(C)(C)OC(=O)CN1CC(=O)O[C@H](Cc2ccccc2)C1. The summed E-state index contributed by atoms with van der Waals surface area (Å²) in [6.45, 7) is 6.26. The Kier molecular flexibility index (Phi) is 5.19. The number of benzene rings is 1. The van der Waals surface area contributed by atoms with Crippen LogP contribution in [0.4, 0.5) is 0 Å². The fourth-order valence-corrected chi connectivity index (χ4v) is 2.46. The summed E-state index contributed by atoms with van der Waals surface area (Å²) in [6, 6.07) is 9.86. The molecule has 0 bridgehead atoms. The van der Waals surface area contributed by atoms with E-state index in [4.69, 9.17) is 9.47 Å². The van der Waals surface area contributed by atoms with Crippen molar-refractivity contribution in [2.45, 2.75) is 38.9 Å². The summed E-state index contributed by atoms with van der Waals surface area (Å²) in [5.74, 6) is -0.614. The van der Waals surface area contributed by atoms with Crippen LogP contribution >= 0.6 is 0 Å². The van der Waals surface area contributed by atoms with Gasteiger partial charge in [-0.3, -0.25) is 14.5 Å². The Balaban J connectivity index is 1.90. The van der Waals surface area contributed by atoms with Gasteiger partial charge in [-0.05, 0) is 26.3 Å². The highest BCUT2D eigenvalue weighted by atomic mass is 16.6. The fraction of sp³-hybridized carbons (Fsp3) is 0.529. The van der Waals surface area contributed by atoms with E-state index < -0.39 is 5.60 Å². The van der Waals surface area contributed by atoms with E-state index in [2.05, 4.69) is 0 Å². The molecule has 1 aliphatic rings. The van der Waals surface area contributed by atoms with Gasteiger partial charge in [0.1, 0.15) is 11.7 Å². The van der Waals surface area contributed by atoms with E-state index in [-0.39, 0.29) is 31.1 Å². The van der Waals surface area contributed by atoms with Crippen molar-refractivity contribution < 1.29 is 19.1 Å². The van der Waals surface area contributed by atoms with Crippen molar-refractivity contribution in [3.8, 4) is 0 Å². The average Bonchev–Trinajstić information content (AvgIpc) is 2.36. The van der Waals surface area contributed by atoms with Gasteiger partial charge in [-0.2, -0.15) is 0 Å². The molecule has 5 heteroatoms. The van der Waals surface area contributed by atoms with Crippen molar-refractivity contribution in [2.75, 3.05) is 19.6 Å². The first-order chi connectivity index (χ1) is 10.3. The lowest BCUT2D eigenvalue weighted by atomic mass is 10.1. The lowest BCUT2D eigenvalue weighted by Gasteiger charge is -2.32. The van der Waals surface area contributed by atoms with E-state index in [0.717, 1.165) is 5.56 Å². The Bertz CT molecular complexity index is 521. The largest absolute Gasteiger partial charge is 0.460 e. The third kappa shape index (κ3) is 5.48. The van der Waals surface area contributed by atoms with Gasteiger partial charge in [0.05, 0.1) is 13.1 Å². The summed E-state index contributed by atoms with van der Waals surface area (Å²) in [5.41, 5.74) is 0.594. The Hall–Kier alpha value is -1.88. The molecule has 0 amide bonds. The molecule has 0 unspecified atom stereocenters. The monoisotopic (exact) mass is 305 g/mol. The van der Waals surface area contributed by atoms with Crippen molar-refractivity contribution in [2.24, 2.45) is 0 Å². The van der Waals surface area contributed by atoms with Gasteiger partial charge in [-0.25, -0.2) is 0 Å². The van der Waals surface area contributed by atoms with Crippen LogP contribution in [-0.2, 0) is 25.5 Å². The second-order valence-electron chi connectivity index (χ2n) is 6.56. The zero-order valence-corrected chi connectivity index (χ0v) is 13.4. The number of rotatable bonds is 4. The second kappa shape index (κ2) is 6.92. The van der Waals surface area contributed by atoms with Crippen molar-refractivity contribution >= 4 is 11.9 Å². The minimum Gasteiger partial charge on any atom is -0.460 e. The molecule has 0 spiro atoms. The molecular formula is C17H23NO4. The first-order valence-corrected chi connectivity index (χ1v) is 7.49. The smallest absolute Gasteiger partial charge is 0.320 e. The van der Waals surface area contributed by atoms with E-state index in [1.54, 1.807) is 4.90 Å². The highest BCUT2D eigenvalue weighted by Gasteiger charge is 2.29. The van der Waals surface area contributed by atoms with Crippen LogP contribution in [0.1, 0.15) is 26.3 Å². The Morgan fingerprint density at radius 2 is 2.00 bits per heavy atom. The van der Waals surface area contributed by atoms with Crippen LogP contribution in [-0.4, -0.2) is 48.2 Å². The highest BCUT2D eigenvalue weighted by Crippen LogP contribution is 2.14. The van der Waals surface area contributed by atoms with Gasteiger partial charge in [-0.15, -0.1) is 0 Å². The van der Waals surface area contributed by atoms with Gasteiger partial charge in [0.2, 0.25) is 0 Å². The van der Waals surface area contributed by atoms with Crippen LogP contribution in [0.3, 0.4) is 0 Å². The summed E-state index contributed by atoms with van der Waals surface area (Å²) in [6.07, 6.45) is 0.420. The summed E-state index contributed by atoms with van der Waals surface area (Å²) < 4.78 is 10.7. The maximum absolute atomic E-state index is 11.9. The van der Waals surface area contributed by atoms with Crippen molar-refractivity contribution in [3.05, 3.63) is 35.9 Å². The molecule has 0 N–H and O–H groups in total. The number of carbonyl (C=O) groups is 2. The van der Waals surface area contributed by atoms with E-state index in [1.807, 2.05) is 51.1 Å². The van der Waals surface area contributed by atoms with E-state index in [1.165, 1.54) is 0 Å². The van der Waals surface area contributed by atoms with Gasteiger partial charge in [0.15, 0.2) is 0 Å². The molecular weight excluding hydrogens is 282 g/mol. The van der Waals surface area contributed by atoms with E-state index >= 15 is 0 Å². The third-order valence-electron chi connectivity index (χ3n) is 3.19. The zero-order chi connectivity index (χ0) is 16.2. The van der Waals surface area contributed by atoms with Crippen LogP contribution in [0, 0.1) is 0 Å². The minimum absolute atomic E-state index is 0.109. The maximum Gasteiger partial charge on any atom is 0.320 e. The molecule has 1 aromatic carbocycles. The van der Waals surface area contributed by atoms with Crippen molar-refractivity contribution in [3.63, 3.8) is 0 Å². The molecule has 1 atom stereocenters. The Labute approximate surface area is 131 Å². The normalized spacial score (nSPS) is 19.6. The number of hydrogen-bond acceptors (Lipinski definition) is 5. The molecule has 0 radical (unpaired) electrons. The van der Waals surface area contributed by atoms with Crippen LogP contribution in [0.25, 0.3) is 0 Å². The molecule has 0 aliphatic carbocycles. The molecule has 120 valence electrons. The zero-order valence-electron chi connectivity index (χ0n) is 13.4. The molecule has 0 aromatic heterocycles. The first-order valence-electron chi connectivity index (χ1n) is 7.49. The van der Waals surface area contributed by atoms with Gasteiger partial charge < -0.3 is 9.47 Å². The molecule has 0 saturated carbocycles. The van der Waals surface area contributed by atoms with Crippen LogP contribution in [0.15, 0.2) is 30.3 Å². The summed E-state index contributed by atoms with van der Waals surface area (Å²) in [4.78, 5) is 25.4. The van der Waals surface area contributed by atoms with Crippen molar-refractivity contribution in [1.29, 1.82) is 0 Å². The quantitative estimate of drug-likeness (QED) is 0.794. The summed E-state index contributed by atoms with van der Waals surface area (Å²) in [5, 5.41) is 0. The predicted octanol–water partition coefficient (Wildman–Crippen LogP) is 1.80. The number of esters is 2. The number of morpholine rings is 1. The number of ether oxygens (including phenoxy) is 2. The fourth-order valence-electron chi connectivity index (χ4n) is 2.46. The lowest BCUT2D eigenvalue weighted by molar-refractivity contribution is -0.164. The molecule has 1 aliphatic heterocycles. The minimum atomic E-state index is -0.517. The average molecular weight is 305 g/mol. The summed E-state index contributed by atoms with van der Waals surface area (Å²) >= 11 is 0. The number of nitrogens with zero attached hydrogens (tertiary/aromatic N) is 1. The van der Waals surface area contributed by atoms with Gasteiger partial charge in [0, 0.05) is 13.0 Å². The number of carbonyl (C=O) groups excluding carboxylic acids is 2. The molecule has 1 heterocycles. The van der Waals surface area contributed by atoms with Crippen LogP contribution < -0.4 is 0 Å². The van der Waals surface area contributed by atoms with E-state index in [0.29, 0.717) is 13.0 Å². The third-order valence-corrected chi connectivity index (χ3v) is 3.19. The second-order valence-corrected chi connectivity index (χ2v) is 6.56. The Morgan fingerprint density at radius 1 is 1.32 bits per heavy atom. The molecule has 5 nitrogen and oxygen atoms in total. The Morgan fingerprint density at radius 3 is 2.64 bits per heavy atom. The highest BCUT2D eigenvalue weighted by molar-refractivity contribution is 5.76. The lowest BCUT2D eigenvalue weighted by Crippen LogP contribution is -2.48. The molecule has 1 saturated heterocycles. The maximum atomic E-state index is 11.9. The molecule has 1 fully saturated rings. The van der Waals surface area contributed by atoms with E-state index in [9.17, 15) is 9.59 Å². The molecule has 1 aromatic rings.